The molecule has 1 aromatic heterocycles. The highest BCUT2D eigenvalue weighted by Gasteiger charge is 2.11. The molecule has 0 spiro atoms. The number of carbonyl (C=O) groups is 1. The van der Waals surface area contributed by atoms with E-state index in [0.29, 0.717) is 22.7 Å². The fourth-order valence-corrected chi connectivity index (χ4v) is 3.12. The molecule has 1 heterocycles. The quantitative estimate of drug-likeness (QED) is 0.493. The molecule has 0 saturated carbocycles. The van der Waals surface area contributed by atoms with Gasteiger partial charge in [-0.15, -0.1) is 0 Å². The minimum absolute atomic E-state index is 0.0831. The number of aromatic carboxylic acids is 1. The maximum atomic E-state index is 11.4. The Morgan fingerprint density at radius 1 is 1.15 bits per heavy atom. The van der Waals surface area contributed by atoms with E-state index in [4.69, 9.17) is 10.2 Å². The molecule has 0 aliphatic carbocycles. The lowest BCUT2D eigenvalue weighted by molar-refractivity contribution is -0.253. The Morgan fingerprint density at radius 2 is 1.96 bits per heavy atom. The summed E-state index contributed by atoms with van der Waals surface area (Å²) in [4.78, 5) is 20.3. The molecule has 5 nitrogen and oxygen atoms in total. The van der Waals surface area contributed by atoms with Crippen LogP contribution in [0.2, 0.25) is 0 Å². The summed E-state index contributed by atoms with van der Waals surface area (Å²) in [6.07, 6.45) is 0.977. The number of nitrogens with zero attached hydrogens (tertiary/aromatic N) is 1. The largest absolute Gasteiger partial charge is 0.478 e. The van der Waals surface area contributed by atoms with Crippen LogP contribution in [-0.2, 0) is 17.9 Å². The topological polar surface area (TPSA) is 79.7 Å². The highest BCUT2D eigenvalue weighted by Crippen LogP contribution is 2.26. The van der Waals surface area contributed by atoms with Crippen LogP contribution in [0.4, 0.5) is 0 Å². The predicted molar refractivity (Wildman–Crippen MR) is 100 cm³/mol. The standard InChI is InChI=1S/C21H21NO4/c1-13(2)8-15-4-3-5-20-18(15)6-7-19(22-20)16-9-14(12-26-25)10-17(11-16)21(23)24/h3-7,9-11,13,25H,8,12H2,1-2H3,(H,23,24). The van der Waals surface area contributed by atoms with E-state index in [0.717, 1.165) is 17.3 Å². The number of benzene rings is 2. The summed E-state index contributed by atoms with van der Waals surface area (Å²) in [5.41, 5.74) is 4.18. The molecule has 0 aliphatic heterocycles. The second-order valence-corrected chi connectivity index (χ2v) is 6.78. The summed E-state index contributed by atoms with van der Waals surface area (Å²) in [5.74, 6) is -0.486. The molecule has 5 heteroatoms. The number of hydrogen-bond acceptors (Lipinski definition) is 4. The molecule has 0 amide bonds. The van der Waals surface area contributed by atoms with Gasteiger partial charge in [-0.1, -0.05) is 32.0 Å². The lowest BCUT2D eigenvalue weighted by Gasteiger charge is -2.11. The Labute approximate surface area is 151 Å². The van der Waals surface area contributed by atoms with Crippen molar-refractivity contribution in [2.45, 2.75) is 26.9 Å². The lowest BCUT2D eigenvalue weighted by Crippen LogP contribution is -2.00. The summed E-state index contributed by atoms with van der Waals surface area (Å²) < 4.78 is 0. The first-order valence-electron chi connectivity index (χ1n) is 8.50. The fraction of sp³-hybridized carbons (Fsp3) is 0.238. The van der Waals surface area contributed by atoms with Crippen LogP contribution in [0.25, 0.3) is 22.2 Å². The molecule has 0 saturated heterocycles. The normalized spacial score (nSPS) is 11.2. The van der Waals surface area contributed by atoms with Crippen LogP contribution in [0.3, 0.4) is 0 Å². The van der Waals surface area contributed by atoms with Crippen molar-refractivity contribution < 1.29 is 20.0 Å². The zero-order valence-corrected chi connectivity index (χ0v) is 14.8. The number of fused-ring (bicyclic) bond motifs is 1. The van der Waals surface area contributed by atoms with E-state index >= 15 is 0 Å². The molecule has 2 aromatic carbocycles. The summed E-state index contributed by atoms with van der Waals surface area (Å²) >= 11 is 0. The van der Waals surface area contributed by atoms with Gasteiger partial charge in [0.05, 0.1) is 16.8 Å². The first kappa shape index (κ1) is 18.0. The van der Waals surface area contributed by atoms with Crippen molar-refractivity contribution in [2.75, 3.05) is 0 Å². The van der Waals surface area contributed by atoms with E-state index in [2.05, 4.69) is 24.8 Å². The first-order valence-corrected chi connectivity index (χ1v) is 8.50. The van der Waals surface area contributed by atoms with Crippen LogP contribution in [0, 0.1) is 5.92 Å². The molecule has 26 heavy (non-hydrogen) atoms. The highest BCUT2D eigenvalue weighted by molar-refractivity contribution is 5.90. The number of carboxylic acids is 1. The van der Waals surface area contributed by atoms with E-state index in [1.54, 1.807) is 12.1 Å². The average Bonchev–Trinajstić information content (AvgIpc) is 2.61. The minimum atomic E-state index is -1.04. The average molecular weight is 351 g/mol. The van der Waals surface area contributed by atoms with E-state index in [1.807, 2.05) is 24.3 Å². The van der Waals surface area contributed by atoms with Gasteiger partial charge in [0.2, 0.25) is 0 Å². The molecule has 0 atom stereocenters. The minimum Gasteiger partial charge on any atom is -0.478 e. The van der Waals surface area contributed by atoms with E-state index in [-0.39, 0.29) is 12.2 Å². The molecule has 2 N–H and O–H groups in total. The third kappa shape index (κ3) is 3.90. The summed E-state index contributed by atoms with van der Waals surface area (Å²) in [5, 5.41) is 19.1. The van der Waals surface area contributed by atoms with Crippen LogP contribution in [0.5, 0.6) is 0 Å². The van der Waals surface area contributed by atoms with Gasteiger partial charge in [-0.25, -0.2) is 14.7 Å². The van der Waals surface area contributed by atoms with Gasteiger partial charge in [0.25, 0.3) is 0 Å². The maximum absolute atomic E-state index is 11.4. The van der Waals surface area contributed by atoms with Crippen LogP contribution >= 0.6 is 0 Å². The van der Waals surface area contributed by atoms with Crippen molar-refractivity contribution in [3.8, 4) is 11.3 Å². The third-order valence-electron chi connectivity index (χ3n) is 4.22. The zero-order valence-electron chi connectivity index (χ0n) is 14.8. The number of rotatable bonds is 6. The van der Waals surface area contributed by atoms with Crippen LogP contribution < -0.4 is 0 Å². The van der Waals surface area contributed by atoms with Crippen LogP contribution in [0.1, 0.15) is 35.3 Å². The molecule has 0 fully saturated rings. The van der Waals surface area contributed by atoms with Crippen molar-refractivity contribution in [1.29, 1.82) is 0 Å². The Kier molecular flexibility index (Phi) is 5.30. The van der Waals surface area contributed by atoms with Crippen molar-refractivity contribution in [3.63, 3.8) is 0 Å². The number of hydrogen-bond donors (Lipinski definition) is 2. The second-order valence-electron chi connectivity index (χ2n) is 6.78. The van der Waals surface area contributed by atoms with Crippen molar-refractivity contribution in [2.24, 2.45) is 5.92 Å². The summed E-state index contributed by atoms with van der Waals surface area (Å²) in [7, 11) is 0. The fourth-order valence-electron chi connectivity index (χ4n) is 3.12. The number of carboxylic acid groups (broad SMARTS) is 1. The van der Waals surface area contributed by atoms with Gasteiger partial charge in [-0.3, -0.25) is 5.26 Å². The van der Waals surface area contributed by atoms with E-state index in [1.165, 1.54) is 11.6 Å². The molecule has 0 aliphatic rings. The van der Waals surface area contributed by atoms with Crippen LogP contribution in [-0.4, -0.2) is 21.3 Å². The Balaban J connectivity index is 2.09. The number of aromatic nitrogens is 1. The molecule has 3 rings (SSSR count). The van der Waals surface area contributed by atoms with Gasteiger partial charge in [-0.2, -0.15) is 0 Å². The lowest BCUT2D eigenvalue weighted by atomic mass is 9.97. The van der Waals surface area contributed by atoms with Gasteiger partial charge in [0.1, 0.15) is 6.61 Å². The van der Waals surface area contributed by atoms with Gasteiger partial charge >= 0.3 is 5.97 Å². The van der Waals surface area contributed by atoms with Gasteiger partial charge in [-0.05, 0) is 53.8 Å². The van der Waals surface area contributed by atoms with Gasteiger partial charge in [0, 0.05) is 10.9 Å². The molecule has 0 radical (unpaired) electrons. The monoisotopic (exact) mass is 351 g/mol. The zero-order chi connectivity index (χ0) is 18.7. The summed E-state index contributed by atoms with van der Waals surface area (Å²) in [6, 6.07) is 14.8. The highest BCUT2D eigenvalue weighted by atomic mass is 17.1. The predicted octanol–water partition coefficient (Wildman–Crippen LogP) is 4.79. The molecule has 134 valence electrons. The Hall–Kier alpha value is -2.76. The van der Waals surface area contributed by atoms with Crippen LogP contribution in [0.15, 0.2) is 48.5 Å². The molecular weight excluding hydrogens is 330 g/mol. The molecular formula is C21H21NO4. The Bertz CT molecular complexity index is 950. The van der Waals surface area contributed by atoms with Crippen molar-refractivity contribution >= 4 is 16.9 Å². The van der Waals surface area contributed by atoms with Crippen molar-refractivity contribution in [1.82, 2.24) is 4.98 Å². The van der Waals surface area contributed by atoms with E-state index in [9.17, 15) is 9.90 Å². The number of pyridine rings is 1. The van der Waals surface area contributed by atoms with Gasteiger partial charge < -0.3 is 5.11 Å². The maximum Gasteiger partial charge on any atom is 0.335 e. The van der Waals surface area contributed by atoms with Crippen molar-refractivity contribution in [3.05, 3.63) is 65.2 Å². The third-order valence-corrected chi connectivity index (χ3v) is 4.22. The second kappa shape index (κ2) is 7.64. The first-order chi connectivity index (χ1) is 12.5. The van der Waals surface area contributed by atoms with Gasteiger partial charge in [0.15, 0.2) is 0 Å². The van der Waals surface area contributed by atoms with E-state index < -0.39 is 5.97 Å². The summed E-state index contributed by atoms with van der Waals surface area (Å²) in [6.45, 7) is 4.28. The SMILES string of the molecule is CC(C)Cc1cccc2nc(-c3cc(COO)cc(C(=O)O)c3)ccc12. The smallest absolute Gasteiger partial charge is 0.335 e. The molecule has 3 aromatic rings. The molecule has 0 bridgehead atoms. The molecule has 0 unspecified atom stereocenters. The Morgan fingerprint density at radius 3 is 2.65 bits per heavy atom.